The molecular weight excluding hydrogens is 383 g/mol. The molecule has 2 amide bonds. The van der Waals surface area contributed by atoms with E-state index < -0.39 is 6.04 Å². The van der Waals surface area contributed by atoms with Gasteiger partial charge in [0.15, 0.2) is 12.4 Å². The second-order valence-corrected chi connectivity index (χ2v) is 6.76. The van der Waals surface area contributed by atoms with E-state index in [9.17, 15) is 14.0 Å². The Labute approximate surface area is 167 Å². The summed E-state index contributed by atoms with van der Waals surface area (Å²) in [5.41, 5.74) is 0. The van der Waals surface area contributed by atoms with Crippen molar-refractivity contribution in [2.75, 3.05) is 33.4 Å². The number of methoxy groups -OCH3 is 1. The number of halogens is 1. The molecule has 0 bridgehead atoms. The number of rotatable bonds is 7. The van der Waals surface area contributed by atoms with Gasteiger partial charge in [-0.15, -0.1) is 0 Å². The Morgan fingerprint density at radius 2 is 2.07 bits per heavy atom. The normalized spacial score (nSPS) is 19.1. The van der Waals surface area contributed by atoms with Gasteiger partial charge in [0, 0.05) is 20.2 Å². The van der Waals surface area contributed by atoms with E-state index >= 15 is 0 Å². The van der Waals surface area contributed by atoms with Crippen molar-refractivity contribution in [3.05, 3.63) is 41.8 Å². The van der Waals surface area contributed by atoms with Crippen LogP contribution in [-0.4, -0.2) is 66.3 Å². The van der Waals surface area contributed by atoms with Gasteiger partial charge in [-0.05, 0) is 37.6 Å². The first kappa shape index (κ1) is 20.7. The molecule has 29 heavy (non-hydrogen) atoms. The number of hydrogen-bond donors (Lipinski definition) is 1. The fourth-order valence-corrected chi connectivity index (χ4v) is 3.23. The fourth-order valence-electron chi connectivity index (χ4n) is 3.23. The summed E-state index contributed by atoms with van der Waals surface area (Å²) in [6, 6.07) is 5.04. The number of piperidine rings is 1. The summed E-state index contributed by atoms with van der Waals surface area (Å²) in [5.74, 6) is 0.223. The van der Waals surface area contributed by atoms with E-state index in [1.54, 1.807) is 11.8 Å². The zero-order valence-electron chi connectivity index (χ0n) is 16.3. The Kier molecular flexibility index (Phi) is 6.76. The van der Waals surface area contributed by atoms with Gasteiger partial charge in [-0.2, -0.15) is 4.98 Å². The summed E-state index contributed by atoms with van der Waals surface area (Å²) >= 11 is 0. The lowest BCUT2D eigenvalue weighted by molar-refractivity contribution is -0.136. The minimum Gasteiger partial charge on any atom is -0.484 e. The van der Waals surface area contributed by atoms with Gasteiger partial charge in [0.2, 0.25) is 11.8 Å². The maximum absolute atomic E-state index is 13.0. The molecule has 0 spiro atoms. The summed E-state index contributed by atoms with van der Waals surface area (Å²) in [7, 11) is 1.43. The van der Waals surface area contributed by atoms with Crippen LogP contribution in [0.5, 0.6) is 5.75 Å². The number of benzene rings is 1. The quantitative estimate of drug-likeness (QED) is 0.732. The van der Waals surface area contributed by atoms with Gasteiger partial charge in [-0.25, -0.2) is 4.39 Å². The lowest BCUT2D eigenvalue weighted by Gasteiger charge is -2.37. The van der Waals surface area contributed by atoms with Crippen LogP contribution in [0.2, 0.25) is 0 Å². The number of nitrogens with zero attached hydrogens (tertiary/aromatic N) is 3. The zero-order chi connectivity index (χ0) is 20.8. The van der Waals surface area contributed by atoms with Crippen LogP contribution in [0.1, 0.15) is 24.1 Å². The molecule has 0 aliphatic carbocycles. The van der Waals surface area contributed by atoms with Gasteiger partial charge in [-0.1, -0.05) is 5.16 Å². The Bertz CT molecular complexity index is 841. The number of carbonyl (C=O) groups is 2. The van der Waals surface area contributed by atoms with Gasteiger partial charge < -0.3 is 24.2 Å². The van der Waals surface area contributed by atoms with Crippen molar-refractivity contribution < 1.29 is 28.0 Å². The van der Waals surface area contributed by atoms with Gasteiger partial charge in [0.1, 0.15) is 18.2 Å². The first-order valence-corrected chi connectivity index (χ1v) is 9.21. The highest BCUT2D eigenvalue weighted by Gasteiger charge is 2.36. The lowest BCUT2D eigenvalue weighted by atomic mass is 9.91. The van der Waals surface area contributed by atoms with Crippen LogP contribution in [-0.2, 0) is 14.3 Å². The second-order valence-electron chi connectivity index (χ2n) is 6.76. The summed E-state index contributed by atoms with van der Waals surface area (Å²) in [5, 5.41) is 6.69. The fraction of sp³-hybridized carbons (Fsp3) is 0.474. The number of aryl methyl sites for hydroxylation is 1. The minimum atomic E-state index is -0.402. The van der Waals surface area contributed by atoms with Crippen LogP contribution in [0, 0.1) is 12.7 Å². The molecule has 0 radical (unpaired) electrons. The van der Waals surface area contributed by atoms with E-state index in [4.69, 9.17) is 14.0 Å². The maximum atomic E-state index is 13.0. The number of hydrogen-bond acceptors (Lipinski definition) is 7. The third kappa shape index (κ3) is 5.50. The highest BCUT2D eigenvalue weighted by atomic mass is 19.1. The van der Waals surface area contributed by atoms with Crippen molar-refractivity contribution in [1.82, 2.24) is 20.4 Å². The Hall–Kier alpha value is -3.01. The highest BCUT2D eigenvalue weighted by molar-refractivity contribution is 5.79. The van der Waals surface area contributed by atoms with Crippen molar-refractivity contribution in [2.45, 2.75) is 25.3 Å². The molecule has 3 rings (SSSR count). The molecule has 9 nitrogen and oxygen atoms in total. The molecule has 0 saturated carbocycles. The molecule has 1 aromatic heterocycles. The van der Waals surface area contributed by atoms with E-state index in [0.717, 1.165) is 0 Å². The number of amides is 2. The molecule has 1 aromatic carbocycles. The molecule has 1 fully saturated rings. The van der Waals surface area contributed by atoms with Crippen LogP contribution < -0.4 is 10.1 Å². The number of likely N-dealkylation sites (tertiary alicyclic amines) is 1. The Balaban J connectivity index is 1.64. The van der Waals surface area contributed by atoms with Gasteiger partial charge >= 0.3 is 0 Å². The van der Waals surface area contributed by atoms with Gasteiger partial charge in [0.05, 0.1) is 12.0 Å². The number of ether oxygens (including phenoxy) is 2. The summed E-state index contributed by atoms with van der Waals surface area (Å²) in [6.45, 7) is 2.17. The standard InChI is InChI=1S/C19H23FN4O5/c1-12-21-19(29-23-12)15-7-8-24(9-16(15)22-17(25)10-27-2)18(26)11-28-14-5-3-13(20)4-6-14/h3-6,15-16H,7-11H2,1-2H3,(H,22,25)/t15-,16+/m0/s1. The average Bonchev–Trinajstić information content (AvgIpc) is 3.13. The maximum Gasteiger partial charge on any atom is 0.260 e. The molecular formula is C19H23FN4O5. The van der Waals surface area contributed by atoms with Crippen LogP contribution in [0.15, 0.2) is 28.8 Å². The van der Waals surface area contributed by atoms with Crippen LogP contribution >= 0.6 is 0 Å². The largest absolute Gasteiger partial charge is 0.484 e. The molecule has 2 atom stereocenters. The van der Waals surface area contributed by atoms with E-state index in [-0.39, 0.29) is 43.3 Å². The summed E-state index contributed by atoms with van der Waals surface area (Å²) in [4.78, 5) is 30.5. The molecule has 156 valence electrons. The van der Waals surface area contributed by atoms with Crippen LogP contribution in [0.25, 0.3) is 0 Å². The smallest absolute Gasteiger partial charge is 0.260 e. The van der Waals surface area contributed by atoms with E-state index in [1.165, 1.54) is 31.4 Å². The van der Waals surface area contributed by atoms with Crippen molar-refractivity contribution in [2.24, 2.45) is 0 Å². The third-order valence-corrected chi connectivity index (χ3v) is 4.62. The Morgan fingerprint density at radius 1 is 1.31 bits per heavy atom. The molecule has 2 aromatic rings. The minimum absolute atomic E-state index is 0.0896. The number of nitrogens with one attached hydrogen (secondary N) is 1. The van der Waals surface area contributed by atoms with E-state index in [2.05, 4.69) is 15.5 Å². The topological polar surface area (TPSA) is 107 Å². The van der Waals surface area contributed by atoms with Crippen LogP contribution in [0.3, 0.4) is 0 Å². The molecule has 1 aliphatic rings. The van der Waals surface area contributed by atoms with E-state index in [0.29, 0.717) is 30.4 Å². The first-order chi connectivity index (χ1) is 14.0. The molecule has 1 aliphatic heterocycles. The number of aromatic nitrogens is 2. The molecule has 10 heteroatoms. The summed E-state index contributed by atoms with van der Waals surface area (Å²) < 4.78 is 28.6. The number of carbonyl (C=O) groups excluding carboxylic acids is 2. The predicted molar refractivity (Wildman–Crippen MR) is 98.7 cm³/mol. The molecule has 0 unspecified atom stereocenters. The van der Waals surface area contributed by atoms with Crippen molar-refractivity contribution >= 4 is 11.8 Å². The van der Waals surface area contributed by atoms with Crippen molar-refractivity contribution in [3.8, 4) is 5.75 Å². The summed E-state index contributed by atoms with van der Waals surface area (Å²) in [6.07, 6.45) is 0.544. The highest BCUT2D eigenvalue weighted by Crippen LogP contribution is 2.27. The van der Waals surface area contributed by atoms with Crippen LogP contribution in [0.4, 0.5) is 4.39 Å². The molecule has 1 N–H and O–H groups in total. The first-order valence-electron chi connectivity index (χ1n) is 9.21. The average molecular weight is 406 g/mol. The van der Waals surface area contributed by atoms with Crippen molar-refractivity contribution in [3.63, 3.8) is 0 Å². The zero-order valence-corrected chi connectivity index (χ0v) is 16.3. The third-order valence-electron chi connectivity index (χ3n) is 4.62. The van der Waals surface area contributed by atoms with Crippen molar-refractivity contribution in [1.29, 1.82) is 0 Å². The SMILES string of the molecule is COCC(=O)N[C@@H]1CN(C(=O)COc2ccc(F)cc2)CC[C@@H]1c1nc(C)no1. The predicted octanol–water partition coefficient (Wildman–Crippen LogP) is 1.04. The van der Waals surface area contributed by atoms with E-state index in [1.807, 2.05) is 0 Å². The van der Waals surface area contributed by atoms with Gasteiger partial charge in [0.25, 0.3) is 5.91 Å². The molecule has 2 heterocycles. The second kappa shape index (κ2) is 9.46. The van der Waals surface area contributed by atoms with Gasteiger partial charge in [-0.3, -0.25) is 9.59 Å². The molecule has 1 saturated heterocycles. The lowest BCUT2D eigenvalue weighted by Crippen LogP contribution is -2.54. The Morgan fingerprint density at radius 3 is 2.72 bits per heavy atom. The monoisotopic (exact) mass is 406 g/mol.